The van der Waals surface area contributed by atoms with Crippen LogP contribution >= 0.6 is 24.0 Å². The number of ether oxygens (including phenoxy) is 1. The zero-order valence-electron chi connectivity index (χ0n) is 15.9. The number of methoxy groups -OCH3 is 1. The van der Waals surface area contributed by atoms with Crippen LogP contribution in [-0.4, -0.2) is 60.4 Å². The summed E-state index contributed by atoms with van der Waals surface area (Å²) in [5, 5.41) is 10.7. The van der Waals surface area contributed by atoms with Crippen molar-refractivity contribution >= 4 is 29.9 Å². The Hall–Kier alpha value is -1.88. The highest BCUT2D eigenvalue weighted by Crippen LogP contribution is 2.20. The molecule has 1 aromatic carbocycles. The number of hydrogen-bond donors (Lipinski definition) is 2. The molecule has 2 N–H and O–H groups in total. The lowest BCUT2D eigenvalue weighted by Crippen LogP contribution is -2.41. The number of aromatic nitrogens is 3. The van der Waals surface area contributed by atoms with Crippen LogP contribution in [0.2, 0.25) is 0 Å². The summed E-state index contributed by atoms with van der Waals surface area (Å²) in [5.74, 6) is 2.43. The molecule has 8 nitrogen and oxygen atoms in total. The Kier molecular flexibility index (Phi) is 9.35. The van der Waals surface area contributed by atoms with E-state index in [1.54, 1.807) is 25.2 Å². The van der Waals surface area contributed by atoms with Gasteiger partial charge in [0.2, 0.25) is 0 Å². The second-order valence-electron chi connectivity index (χ2n) is 5.86. The number of halogens is 1. The maximum absolute atomic E-state index is 5.23. The van der Waals surface area contributed by atoms with Crippen LogP contribution in [0, 0.1) is 0 Å². The van der Waals surface area contributed by atoms with Gasteiger partial charge in [-0.05, 0) is 31.8 Å². The average molecular weight is 473 g/mol. The Balaban J connectivity index is 0.00000338. The summed E-state index contributed by atoms with van der Waals surface area (Å²) in [5.41, 5.74) is 1.21. The second-order valence-corrected chi connectivity index (χ2v) is 5.86. The maximum Gasteiger partial charge on any atom is 0.191 e. The molecule has 0 aliphatic carbocycles. The number of nitrogens with one attached hydrogen (secondary N) is 2. The molecule has 0 aliphatic rings. The van der Waals surface area contributed by atoms with Crippen LogP contribution < -0.4 is 15.4 Å². The minimum Gasteiger partial charge on any atom is -0.497 e. The first kappa shape index (κ1) is 22.2. The van der Waals surface area contributed by atoms with E-state index in [-0.39, 0.29) is 30.0 Å². The molecule has 1 atom stereocenters. The molecule has 0 saturated carbocycles. The van der Waals surface area contributed by atoms with Crippen LogP contribution in [-0.2, 0) is 13.6 Å². The van der Waals surface area contributed by atoms with Gasteiger partial charge < -0.3 is 20.3 Å². The summed E-state index contributed by atoms with van der Waals surface area (Å²) in [6.45, 7) is 1.28. The van der Waals surface area contributed by atoms with E-state index in [2.05, 4.69) is 56.8 Å². The van der Waals surface area contributed by atoms with E-state index >= 15 is 0 Å². The van der Waals surface area contributed by atoms with E-state index < -0.39 is 0 Å². The second kappa shape index (κ2) is 11.0. The van der Waals surface area contributed by atoms with E-state index in [4.69, 9.17) is 4.74 Å². The van der Waals surface area contributed by atoms with E-state index in [1.807, 2.05) is 19.2 Å². The first-order valence-electron chi connectivity index (χ1n) is 8.13. The lowest BCUT2D eigenvalue weighted by atomic mass is 10.1. The van der Waals surface area contributed by atoms with E-state index in [0.29, 0.717) is 6.54 Å². The molecule has 0 spiro atoms. The van der Waals surface area contributed by atoms with Crippen LogP contribution in [0.5, 0.6) is 5.75 Å². The smallest absolute Gasteiger partial charge is 0.191 e. The predicted molar refractivity (Wildman–Crippen MR) is 114 cm³/mol. The molecule has 0 aliphatic heterocycles. The van der Waals surface area contributed by atoms with Crippen molar-refractivity contribution in [2.75, 3.05) is 34.8 Å². The van der Waals surface area contributed by atoms with Crippen molar-refractivity contribution in [1.29, 1.82) is 0 Å². The highest BCUT2D eigenvalue weighted by molar-refractivity contribution is 14.0. The first-order chi connectivity index (χ1) is 12.0. The molecule has 26 heavy (non-hydrogen) atoms. The Labute approximate surface area is 172 Å². The minimum atomic E-state index is 0. The largest absolute Gasteiger partial charge is 0.497 e. The third kappa shape index (κ3) is 6.13. The molecule has 1 unspecified atom stereocenters. The Morgan fingerprint density at radius 2 is 1.96 bits per heavy atom. The van der Waals surface area contributed by atoms with Gasteiger partial charge in [0.05, 0.1) is 19.7 Å². The van der Waals surface area contributed by atoms with Crippen molar-refractivity contribution in [2.45, 2.75) is 12.6 Å². The quantitative estimate of drug-likeness (QED) is 0.360. The number of rotatable bonds is 7. The SMILES string of the molecule is CN=C(NCc1ncnn1C)NCC(c1ccc(OC)cc1)N(C)C.I. The van der Waals surface area contributed by atoms with Gasteiger partial charge in [-0.3, -0.25) is 9.67 Å². The lowest BCUT2D eigenvalue weighted by Gasteiger charge is -2.26. The number of hydrogen-bond acceptors (Lipinski definition) is 5. The van der Waals surface area contributed by atoms with Gasteiger partial charge in [-0.1, -0.05) is 12.1 Å². The van der Waals surface area contributed by atoms with Crippen LogP contribution in [0.4, 0.5) is 0 Å². The van der Waals surface area contributed by atoms with Gasteiger partial charge >= 0.3 is 0 Å². The summed E-state index contributed by atoms with van der Waals surface area (Å²) in [4.78, 5) is 10.6. The first-order valence-corrected chi connectivity index (χ1v) is 8.13. The summed E-state index contributed by atoms with van der Waals surface area (Å²) in [7, 11) is 9.42. The fraction of sp³-hybridized carbons (Fsp3) is 0.471. The van der Waals surface area contributed by atoms with Crippen molar-refractivity contribution in [3.05, 3.63) is 42.0 Å². The molecule has 2 rings (SSSR count). The maximum atomic E-state index is 5.23. The van der Waals surface area contributed by atoms with Crippen LogP contribution in [0.1, 0.15) is 17.4 Å². The van der Waals surface area contributed by atoms with Crippen molar-refractivity contribution in [3.8, 4) is 5.75 Å². The van der Waals surface area contributed by atoms with E-state index in [1.165, 1.54) is 5.56 Å². The van der Waals surface area contributed by atoms with Crippen molar-refractivity contribution in [2.24, 2.45) is 12.0 Å². The van der Waals surface area contributed by atoms with Gasteiger partial charge in [0.25, 0.3) is 0 Å². The zero-order chi connectivity index (χ0) is 18.2. The summed E-state index contributed by atoms with van der Waals surface area (Å²) < 4.78 is 6.97. The third-order valence-corrected chi connectivity index (χ3v) is 4.03. The Bertz CT molecular complexity index is 685. The van der Waals surface area contributed by atoms with E-state index in [0.717, 1.165) is 24.1 Å². The van der Waals surface area contributed by atoms with Gasteiger partial charge in [0.1, 0.15) is 17.9 Å². The average Bonchev–Trinajstić information content (AvgIpc) is 3.03. The molecule has 144 valence electrons. The summed E-state index contributed by atoms with van der Waals surface area (Å²) >= 11 is 0. The molecule has 1 aromatic heterocycles. The van der Waals surface area contributed by atoms with Crippen LogP contribution in [0.15, 0.2) is 35.6 Å². The number of aliphatic imine (C=N–C) groups is 1. The fourth-order valence-electron chi connectivity index (χ4n) is 2.48. The Morgan fingerprint density at radius 3 is 2.46 bits per heavy atom. The highest BCUT2D eigenvalue weighted by Gasteiger charge is 2.15. The van der Waals surface area contributed by atoms with Gasteiger partial charge in [-0.25, -0.2) is 4.98 Å². The molecule has 0 amide bonds. The molecule has 0 saturated heterocycles. The topological polar surface area (TPSA) is 79.6 Å². The Morgan fingerprint density at radius 1 is 1.27 bits per heavy atom. The summed E-state index contributed by atoms with van der Waals surface area (Å²) in [6.07, 6.45) is 1.54. The van der Waals surface area contributed by atoms with Crippen LogP contribution in [0.25, 0.3) is 0 Å². The molecular formula is C17H28IN7O. The standard InChI is InChI=1S/C17H27N7O.HI/c1-18-17(20-11-16-21-12-22-24(16)4)19-10-15(23(2)3)13-6-8-14(25-5)9-7-13;/h6-9,12,15H,10-11H2,1-5H3,(H2,18,19,20);1H. The zero-order valence-corrected chi connectivity index (χ0v) is 18.3. The number of benzene rings is 1. The van der Waals surface area contributed by atoms with E-state index in [9.17, 15) is 0 Å². The number of nitrogens with zero attached hydrogens (tertiary/aromatic N) is 5. The molecular weight excluding hydrogens is 445 g/mol. The molecule has 0 fully saturated rings. The lowest BCUT2D eigenvalue weighted by molar-refractivity contribution is 0.298. The van der Waals surface area contributed by atoms with Crippen molar-refractivity contribution < 1.29 is 4.74 Å². The fourth-order valence-corrected chi connectivity index (χ4v) is 2.48. The molecule has 0 radical (unpaired) electrons. The number of guanidine groups is 1. The van der Waals surface area contributed by atoms with Gasteiger partial charge in [-0.15, -0.1) is 24.0 Å². The molecule has 9 heteroatoms. The molecule has 1 heterocycles. The normalized spacial score (nSPS) is 12.5. The van der Waals surface area contributed by atoms with Crippen LogP contribution in [0.3, 0.4) is 0 Å². The summed E-state index contributed by atoms with van der Waals surface area (Å²) in [6, 6.07) is 8.33. The number of aryl methyl sites for hydroxylation is 1. The van der Waals surface area contributed by atoms with Crippen molar-refractivity contribution in [3.63, 3.8) is 0 Å². The minimum absolute atomic E-state index is 0. The third-order valence-electron chi connectivity index (χ3n) is 4.03. The molecule has 2 aromatic rings. The number of likely N-dealkylation sites (N-methyl/N-ethyl adjacent to an activating group) is 1. The van der Waals surface area contributed by atoms with Gasteiger partial charge in [0.15, 0.2) is 5.96 Å². The highest BCUT2D eigenvalue weighted by atomic mass is 127. The van der Waals surface area contributed by atoms with Gasteiger partial charge in [-0.2, -0.15) is 5.10 Å². The van der Waals surface area contributed by atoms with Gasteiger partial charge in [0, 0.05) is 20.6 Å². The monoisotopic (exact) mass is 473 g/mol. The predicted octanol–water partition coefficient (Wildman–Crippen LogP) is 1.41. The van der Waals surface area contributed by atoms with Crippen molar-refractivity contribution in [1.82, 2.24) is 30.3 Å². The molecule has 0 bridgehead atoms.